The minimum absolute atomic E-state index is 0.0174. The van der Waals surface area contributed by atoms with Gasteiger partial charge < -0.3 is 0 Å². The van der Waals surface area contributed by atoms with E-state index in [0.29, 0.717) is 11.3 Å². The highest BCUT2D eigenvalue weighted by Gasteiger charge is 2.12. The van der Waals surface area contributed by atoms with E-state index in [2.05, 4.69) is 10.1 Å². The summed E-state index contributed by atoms with van der Waals surface area (Å²) in [5.41, 5.74) is 3.15. The molecule has 0 saturated heterocycles. The van der Waals surface area contributed by atoms with E-state index in [1.165, 1.54) is 6.20 Å². The van der Waals surface area contributed by atoms with Gasteiger partial charge in [-0.2, -0.15) is 5.10 Å². The summed E-state index contributed by atoms with van der Waals surface area (Å²) >= 11 is 0. The molecule has 2 heterocycles. The number of aryl methyl sites for hydroxylation is 2. The van der Waals surface area contributed by atoms with Crippen molar-refractivity contribution in [2.24, 2.45) is 7.05 Å². The standard InChI is InChI=1S/C15H13F2N3/c1-9-5-13(18-8-12(9)15(16)17)10-3-4-14-11(6-10)7-19-20(14)2/h3-8,15H,1-2H3. The Morgan fingerprint density at radius 2 is 1.95 bits per heavy atom. The fourth-order valence-corrected chi connectivity index (χ4v) is 2.28. The van der Waals surface area contributed by atoms with Crippen LogP contribution in [0.25, 0.3) is 22.2 Å². The Morgan fingerprint density at radius 1 is 1.15 bits per heavy atom. The van der Waals surface area contributed by atoms with Crippen molar-refractivity contribution in [2.75, 3.05) is 0 Å². The van der Waals surface area contributed by atoms with Crippen molar-refractivity contribution in [3.63, 3.8) is 0 Å². The molecule has 0 bridgehead atoms. The van der Waals surface area contributed by atoms with Crippen LogP contribution in [-0.2, 0) is 7.05 Å². The summed E-state index contributed by atoms with van der Waals surface area (Å²) in [7, 11) is 1.88. The van der Waals surface area contributed by atoms with Gasteiger partial charge in [0.1, 0.15) is 0 Å². The van der Waals surface area contributed by atoms with E-state index in [4.69, 9.17) is 0 Å². The van der Waals surface area contributed by atoms with Crippen LogP contribution in [0.15, 0.2) is 36.7 Å². The number of alkyl halides is 2. The largest absolute Gasteiger partial charge is 0.268 e. The number of fused-ring (bicyclic) bond motifs is 1. The second-order valence-corrected chi connectivity index (χ2v) is 4.77. The maximum absolute atomic E-state index is 12.7. The zero-order valence-electron chi connectivity index (χ0n) is 11.1. The molecule has 0 unspecified atom stereocenters. The molecule has 5 heteroatoms. The molecule has 102 valence electrons. The fourth-order valence-electron chi connectivity index (χ4n) is 2.28. The van der Waals surface area contributed by atoms with Crippen molar-refractivity contribution in [1.29, 1.82) is 0 Å². The lowest BCUT2D eigenvalue weighted by Crippen LogP contribution is -1.94. The van der Waals surface area contributed by atoms with Crippen LogP contribution in [0.3, 0.4) is 0 Å². The smallest absolute Gasteiger partial charge is 0.265 e. The molecule has 0 aliphatic heterocycles. The summed E-state index contributed by atoms with van der Waals surface area (Å²) < 4.78 is 27.2. The molecular weight excluding hydrogens is 260 g/mol. The lowest BCUT2D eigenvalue weighted by Gasteiger charge is -2.07. The lowest BCUT2D eigenvalue weighted by molar-refractivity contribution is 0.150. The van der Waals surface area contributed by atoms with E-state index in [1.807, 2.05) is 25.2 Å². The second kappa shape index (κ2) is 4.67. The maximum atomic E-state index is 12.7. The van der Waals surface area contributed by atoms with Crippen LogP contribution >= 0.6 is 0 Å². The monoisotopic (exact) mass is 273 g/mol. The SMILES string of the molecule is Cc1cc(-c2ccc3c(cnn3C)c2)ncc1C(F)F. The van der Waals surface area contributed by atoms with E-state index < -0.39 is 6.43 Å². The molecule has 2 aromatic heterocycles. The molecule has 3 rings (SSSR count). The first-order chi connectivity index (χ1) is 9.56. The van der Waals surface area contributed by atoms with E-state index in [0.717, 1.165) is 16.5 Å². The molecule has 0 fully saturated rings. The molecule has 3 aromatic rings. The quantitative estimate of drug-likeness (QED) is 0.709. The summed E-state index contributed by atoms with van der Waals surface area (Å²) in [6.07, 6.45) is 0.541. The molecule has 3 nitrogen and oxygen atoms in total. The third-order valence-corrected chi connectivity index (χ3v) is 3.43. The van der Waals surface area contributed by atoms with Gasteiger partial charge in [0.15, 0.2) is 0 Å². The molecule has 1 aromatic carbocycles. The third-order valence-electron chi connectivity index (χ3n) is 3.43. The Kier molecular flexibility index (Phi) is 2.97. The van der Waals surface area contributed by atoms with Gasteiger partial charge in [-0.1, -0.05) is 6.07 Å². The van der Waals surface area contributed by atoms with E-state index in [9.17, 15) is 8.78 Å². The average Bonchev–Trinajstić information content (AvgIpc) is 2.79. The normalized spacial score (nSPS) is 11.4. The average molecular weight is 273 g/mol. The Morgan fingerprint density at radius 3 is 2.65 bits per heavy atom. The van der Waals surface area contributed by atoms with Crippen LogP contribution in [0, 0.1) is 6.92 Å². The minimum atomic E-state index is -2.49. The van der Waals surface area contributed by atoms with E-state index >= 15 is 0 Å². The van der Waals surface area contributed by atoms with Crippen LogP contribution < -0.4 is 0 Å². The molecule has 0 amide bonds. The molecule has 20 heavy (non-hydrogen) atoms. The van der Waals surface area contributed by atoms with Crippen molar-refractivity contribution in [3.05, 3.63) is 47.8 Å². The molecule has 0 aliphatic rings. The number of aromatic nitrogens is 3. The molecule has 0 spiro atoms. The number of halogens is 2. The molecule has 0 atom stereocenters. The van der Waals surface area contributed by atoms with Crippen molar-refractivity contribution >= 4 is 10.9 Å². The highest BCUT2D eigenvalue weighted by molar-refractivity contribution is 5.83. The number of benzene rings is 1. The van der Waals surface area contributed by atoms with Crippen LogP contribution in [0.2, 0.25) is 0 Å². The van der Waals surface area contributed by atoms with Gasteiger partial charge in [0, 0.05) is 29.8 Å². The summed E-state index contributed by atoms with van der Waals surface area (Å²) in [6, 6.07) is 7.54. The zero-order valence-corrected chi connectivity index (χ0v) is 11.1. The van der Waals surface area contributed by atoms with Crippen LogP contribution in [-0.4, -0.2) is 14.8 Å². The summed E-state index contributed by atoms with van der Waals surface area (Å²) in [5, 5.41) is 5.18. The van der Waals surface area contributed by atoms with Crippen molar-refractivity contribution < 1.29 is 8.78 Å². The molecule has 0 N–H and O–H groups in total. The first kappa shape index (κ1) is 12.7. The predicted octanol–water partition coefficient (Wildman–Crippen LogP) is 3.88. The summed E-state index contributed by atoms with van der Waals surface area (Å²) in [5.74, 6) is 0. The fraction of sp³-hybridized carbons (Fsp3) is 0.200. The second-order valence-electron chi connectivity index (χ2n) is 4.77. The number of hydrogen-bond acceptors (Lipinski definition) is 2. The van der Waals surface area contributed by atoms with Gasteiger partial charge in [-0.25, -0.2) is 8.78 Å². The van der Waals surface area contributed by atoms with Gasteiger partial charge in [0.2, 0.25) is 0 Å². The topological polar surface area (TPSA) is 30.7 Å². The molecule has 0 aliphatic carbocycles. The van der Waals surface area contributed by atoms with Gasteiger partial charge in [-0.05, 0) is 30.7 Å². The first-order valence-corrected chi connectivity index (χ1v) is 6.23. The summed E-state index contributed by atoms with van der Waals surface area (Å²) in [6.45, 7) is 1.68. The Bertz CT molecular complexity index is 778. The Balaban J connectivity index is 2.08. The van der Waals surface area contributed by atoms with Crippen LogP contribution in [0.4, 0.5) is 8.78 Å². The van der Waals surface area contributed by atoms with Gasteiger partial charge in [0.05, 0.1) is 17.4 Å². The van der Waals surface area contributed by atoms with Gasteiger partial charge in [-0.15, -0.1) is 0 Å². The highest BCUT2D eigenvalue weighted by Crippen LogP contribution is 2.27. The minimum Gasteiger partial charge on any atom is -0.268 e. The van der Waals surface area contributed by atoms with Gasteiger partial charge in [-0.3, -0.25) is 9.67 Å². The van der Waals surface area contributed by atoms with Gasteiger partial charge >= 0.3 is 0 Å². The zero-order chi connectivity index (χ0) is 14.3. The Labute approximate surface area is 114 Å². The molecule has 0 saturated carbocycles. The van der Waals surface area contributed by atoms with Crippen LogP contribution in [0.5, 0.6) is 0 Å². The summed E-state index contributed by atoms with van der Waals surface area (Å²) in [4.78, 5) is 4.14. The molecule has 0 radical (unpaired) electrons. The predicted molar refractivity (Wildman–Crippen MR) is 73.6 cm³/mol. The number of rotatable bonds is 2. The van der Waals surface area contributed by atoms with E-state index in [1.54, 1.807) is 23.9 Å². The third kappa shape index (κ3) is 2.05. The number of nitrogens with zero attached hydrogens (tertiary/aromatic N) is 3. The van der Waals surface area contributed by atoms with Crippen molar-refractivity contribution in [1.82, 2.24) is 14.8 Å². The van der Waals surface area contributed by atoms with Crippen LogP contribution in [0.1, 0.15) is 17.6 Å². The first-order valence-electron chi connectivity index (χ1n) is 6.23. The van der Waals surface area contributed by atoms with Crippen molar-refractivity contribution in [2.45, 2.75) is 13.3 Å². The highest BCUT2D eigenvalue weighted by atomic mass is 19.3. The molecular formula is C15H13F2N3. The van der Waals surface area contributed by atoms with Gasteiger partial charge in [0.25, 0.3) is 6.43 Å². The maximum Gasteiger partial charge on any atom is 0.265 e. The Hall–Kier alpha value is -2.30. The lowest BCUT2D eigenvalue weighted by atomic mass is 10.1. The number of pyridine rings is 1. The number of hydrogen-bond donors (Lipinski definition) is 0. The van der Waals surface area contributed by atoms with E-state index in [-0.39, 0.29) is 5.56 Å². The van der Waals surface area contributed by atoms with Crippen molar-refractivity contribution in [3.8, 4) is 11.3 Å².